The van der Waals surface area contributed by atoms with Crippen molar-refractivity contribution in [2.75, 3.05) is 5.32 Å². The molecule has 2 aromatic carbocycles. The first-order valence-electron chi connectivity index (χ1n) is 8.64. The first-order chi connectivity index (χ1) is 14.6. The number of amides is 1. The molecule has 0 aliphatic heterocycles. The molecule has 4 nitrogen and oxygen atoms in total. The van der Waals surface area contributed by atoms with Gasteiger partial charge in [0, 0.05) is 22.3 Å². The molecule has 0 saturated heterocycles. The van der Waals surface area contributed by atoms with Gasteiger partial charge in [0.05, 0.1) is 10.6 Å². The van der Waals surface area contributed by atoms with Crippen molar-refractivity contribution in [3.05, 3.63) is 82.0 Å². The van der Waals surface area contributed by atoms with Gasteiger partial charge in [0.25, 0.3) is 0 Å². The maximum Gasteiger partial charge on any atom is 0.416 e. The number of hydrogen-bond donors (Lipinski definition) is 2. The lowest BCUT2D eigenvalue weighted by Crippen LogP contribution is -2.32. The van der Waals surface area contributed by atoms with Gasteiger partial charge in [0.1, 0.15) is 11.5 Å². The number of anilines is 1. The zero-order chi connectivity index (χ0) is 22.6. The summed E-state index contributed by atoms with van der Waals surface area (Å²) in [5.74, 6) is 0.281. The Labute approximate surface area is 190 Å². The largest absolute Gasteiger partial charge is 0.457 e. The summed E-state index contributed by atoms with van der Waals surface area (Å²) >= 11 is 17.0. The van der Waals surface area contributed by atoms with Crippen LogP contribution in [0.25, 0.3) is 17.4 Å². The molecule has 0 fully saturated rings. The maximum absolute atomic E-state index is 12.8. The lowest BCUT2D eigenvalue weighted by atomic mass is 10.2. The summed E-state index contributed by atoms with van der Waals surface area (Å²) in [5, 5.41) is 5.64. The molecule has 0 saturated carbocycles. The van der Waals surface area contributed by atoms with E-state index in [4.69, 9.17) is 39.8 Å². The van der Waals surface area contributed by atoms with Crippen molar-refractivity contribution in [3.8, 4) is 11.3 Å². The predicted molar refractivity (Wildman–Crippen MR) is 119 cm³/mol. The first-order valence-corrected chi connectivity index (χ1v) is 9.81. The number of nitrogens with one attached hydrogen (secondary N) is 2. The molecule has 0 unspecified atom stereocenters. The van der Waals surface area contributed by atoms with Gasteiger partial charge in [-0.2, -0.15) is 13.2 Å². The number of alkyl halides is 3. The molecule has 31 heavy (non-hydrogen) atoms. The van der Waals surface area contributed by atoms with E-state index in [1.807, 2.05) is 0 Å². The Morgan fingerprint density at radius 1 is 1.06 bits per heavy atom. The van der Waals surface area contributed by atoms with E-state index >= 15 is 0 Å². The Morgan fingerprint density at radius 2 is 1.84 bits per heavy atom. The van der Waals surface area contributed by atoms with E-state index in [-0.39, 0.29) is 10.8 Å². The SMILES string of the molecule is O=C(/C=C/c1ccc(-c2ccc(Cl)cc2Cl)o1)NC(=S)Nc1cccc(C(F)(F)F)c1. The third kappa shape index (κ3) is 6.33. The summed E-state index contributed by atoms with van der Waals surface area (Å²) in [6.07, 6.45) is -1.90. The summed E-state index contributed by atoms with van der Waals surface area (Å²) in [6.45, 7) is 0. The number of furan rings is 1. The summed E-state index contributed by atoms with van der Waals surface area (Å²) < 4.78 is 43.9. The Morgan fingerprint density at radius 3 is 2.55 bits per heavy atom. The third-order valence-electron chi connectivity index (χ3n) is 3.91. The molecule has 160 valence electrons. The van der Waals surface area contributed by atoms with Crippen LogP contribution < -0.4 is 10.6 Å². The van der Waals surface area contributed by atoms with Crippen LogP contribution in [0.15, 0.2) is 65.1 Å². The molecule has 0 spiro atoms. The van der Waals surface area contributed by atoms with E-state index < -0.39 is 17.6 Å². The fraction of sp³-hybridized carbons (Fsp3) is 0.0476. The molecular formula is C21H13Cl2F3N2O2S. The van der Waals surface area contributed by atoms with Crippen molar-refractivity contribution >= 4 is 58.2 Å². The Balaban J connectivity index is 1.60. The number of halogens is 5. The molecule has 0 aliphatic rings. The van der Waals surface area contributed by atoms with Crippen LogP contribution in [0, 0.1) is 0 Å². The van der Waals surface area contributed by atoms with Crippen LogP contribution in [0.1, 0.15) is 11.3 Å². The van der Waals surface area contributed by atoms with E-state index in [1.165, 1.54) is 24.3 Å². The van der Waals surface area contributed by atoms with Crippen LogP contribution in [-0.2, 0) is 11.0 Å². The average Bonchev–Trinajstić information content (AvgIpc) is 3.14. The van der Waals surface area contributed by atoms with Crippen LogP contribution in [0.5, 0.6) is 0 Å². The second-order valence-electron chi connectivity index (χ2n) is 6.18. The molecule has 3 aromatic rings. The maximum atomic E-state index is 12.8. The standard InChI is InChI=1S/C21H13Cl2F3N2O2S/c22-13-4-7-16(17(23)11-13)18-8-5-15(30-18)6-9-19(29)28-20(31)27-14-3-1-2-12(10-14)21(24,25)26/h1-11H,(H2,27,28,29,31)/b9-6+. The molecule has 10 heteroatoms. The van der Waals surface area contributed by atoms with E-state index in [9.17, 15) is 18.0 Å². The summed E-state index contributed by atoms with van der Waals surface area (Å²) in [5.41, 5.74) is -0.0952. The van der Waals surface area contributed by atoms with Gasteiger partial charge in [-0.3, -0.25) is 10.1 Å². The van der Waals surface area contributed by atoms with Gasteiger partial charge < -0.3 is 9.73 Å². The number of rotatable bonds is 4. The van der Waals surface area contributed by atoms with Crippen LogP contribution in [0.2, 0.25) is 10.0 Å². The van der Waals surface area contributed by atoms with Crippen molar-refractivity contribution in [1.82, 2.24) is 5.32 Å². The monoisotopic (exact) mass is 484 g/mol. The smallest absolute Gasteiger partial charge is 0.416 e. The minimum absolute atomic E-state index is 0.0969. The highest BCUT2D eigenvalue weighted by molar-refractivity contribution is 7.80. The summed E-state index contributed by atoms with van der Waals surface area (Å²) in [7, 11) is 0. The van der Waals surface area contributed by atoms with E-state index in [2.05, 4.69) is 10.6 Å². The third-order valence-corrected chi connectivity index (χ3v) is 4.66. The van der Waals surface area contributed by atoms with Gasteiger partial charge >= 0.3 is 6.18 Å². The van der Waals surface area contributed by atoms with Crippen LogP contribution in [0.3, 0.4) is 0 Å². The quantitative estimate of drug-likeness (QED) is 0.315. The van der Waals surface area contributed by atoms with Crippen molar-refractivity contribution < 1.29 is 22.4 Å². The zero-order valence-electron chi connectivity index (χ0n) is 15.5. The predicted octanol–water partition coefficient (Wildman–Crippen LogP) is 6.80. The number of carbonyl (C=O) groups excluding carboxylic acids is 1. The normalized spacial score (nSPS) is 11.5. The fourth-order valence-electron chi connectivity index (χ4n) is 2.52. The minimum Gasteiger partial charge on any atom is -0.457 e. The van der Waals surface area contributed by atoms with E-state index in [0.29, 0.717) is 27.1 Å². The Hall–Kier alpha value is -2.81. The molecule has 1 aromatic heterocycles. The van der Waals surface area contributed by atoms with Crippen LogP contribution in [0.4, 0.5) is 18.9 Å². The second-order valence-corrected chi connectivity index (χ2v) is 7.43. The van der Waals surface area contributed by atoms with Crippen LogP contribution in [-0.4, -0.2) is 11.0 Å². The molecular weight excluding hydrogens is 472 g/mol. The molecule has 0 aliphatic carbocycles. The highest BCUT2D eigenvalue weighted by atomic mass is 35.5. The molecule has 0 radical (unpaired) electrons. The minimum atomic E-state index is -4.48. The number of benzene rings is 2. The number of thiocarbonyl (C=S) groups is 1. The van der Waals surface area contributed by atoms with Crippen molar-refractivity contribution in [2.24, 2.45) is 0 Å². The Kier molecular flexibility index (Phi) is 7.04. The second kappa shape index (κ2) is 9.55. The first kappa shape index (κ1) is 22.9. The zero-order valence-corrected chi connectivity index (χ0v) is 17.8. The topological polar surface area (TPSA) is 54.3 Å². The lowest BCUT2D eigenvalue weighted by molar-refractivity contribution is -0.137. The molecule has 0 bridgehead atoms. The molecule has 2 N–H and O–H groups in total. The van der Waals surface area contributed by atoms with E-state index in [1.54, 1.807) is 30.3 Å². The highest BCUT2D eigenvalue weighted by Crippen LogP contribution is 2.32. The molecule has 0 atom stereocenters. The molecule has 1 heterocycles. The summed E-state index contributed by atoms with van der Waals surface area (Å²) in [6, 6.07) is 12.8. The summed E-state index contributed by atoms with van der Waals surface area (Å²) in [4.78, 5) is 12.0. The number of hydrogen-bond acceptors (Lipinski definition) is 3. The highest BCUT2D eigenvalue weighted by Gasteiger charge is 2.30. The fourth-order valence-corrected chi connectivity index (χ4v) is 3.24. The Bertz CT molecular complexity index is 1160. The van der Waals surface area contributed by atoms with Crippen LogP contribution >= 0.6 is 35.4 Å². The molecule has 3 rings (SSSR count). The number of carbonyl (C=O) groups is 1. The van der Waals surface area contributed by atoms with Gasteiger partial charge in [-0.1, -0.05) is 29.3 Å². The van der Waals surface area contributed by atoms with Crippen molar-refractivity contribution in [1.29, 1.82) is 0 Å². The van der Waals surface area contributed by atoms with Gasteiger partial charge in [-0.05, 0) is 66.8 Å². The van der Waals surface area contributed by atoms with Gasteiger partial charge in [0.2, 0.25) is 5.91 Å². The van der Waals surface area contributed by atoms with Crippen molar-refractivity contribution in [3.63, 3.8) is 0 Å². The van der Waals surface area contributed by atoms with Gasteiger partial charge in [-0.15, -0.1) is 0 Å². The molecule has 1 amide bonds. The van der Waals surface area contributed by atoms with E-state index in [0.717, 1.165) is 12.1 Å². The lowest BCUT2D eigenvalue weighted by Gasteiger charge is -2.11. The van der Waals surface area contributed by atoms with Crippen molar-refractivity contribution in [2.45, 2.75) is 6.18 Å². The van der Waals surface area contributed by atoms with Gasteiger partial charge in [-0.25, -0.2) is 0 Å². The average molecular weight is 485 g/mol. The van der Waals surface area contributed by atoms with Gasteiger partial charge in [0.15, 0.2) is 5.11 Å².